The molecule has 0 aliphatic heterocycles. The van der Waals surface area contributed by atoms with E-state index in [1.807, 2.05) is 0 Å². The van der Waals surface area contributed by atoms with Crippen molar-refractivity contribution in [2.24, 2.45) is 5.73 Å². The Morgan fingerprint density at radius 3 is 2.72 bits per heavy atom. The van der Waals surface area contributed by atoms with Gasteiger partial charge in [-0.3, -0.25) is 0 Å². The number of hydrogen-bond acceptors (Lipinski definition) is 2. The summed E-state index contributed by atoms with van der Waals surface area (Å²) in [6.07, 6.45) is 1.64. The van der Waals surface area contributed by atoms with Gasteiger partial charge in [-0.25, -0.2) is 9.37 Å². The second-order valence-corrected chi connectivity index (χ2v) is 5.00. The molecule has 1 aromatic carbocycles. The lowest BCUT2D eigenvalue weighted by atomic mass is 10.1. The lowest BCUT2D eigenvalue weighted by molar-refractivity contribution is 0.545. The van der Waals surface area contributed by atoms with E-state index < -0.39 is 0 Å². The van der Waals surface area contributed by atoms with Crippen LogP contribution in [0.3, 0.4) is 0 Å². The molecule has 1 heterocycles. The van der Waals surface area contributed by atoms with Gasteiger partial charge < -0.3 is 10.3 Å². The third kappa shape index (κ3) is 2.38. The van der Waals surface area contributed by atoms with Gasteiger partial charge in [0.2, 0.25) is 0 Å². The van der Waals surface area contributed by atoms with E-state index in [0.717, 1.165) is 29.7 Å². The van der Waals surface area contributed by atoms with Crippen molar-refractivity contribution < 1.29 is 4.39 Å². The molecule has 0 amide bonds. The molecule has 1 unspecified atom stereocenters. The Bertz CT molecular complexity index is 545. The Morgan fingerprint density at radius 1 is 1.39 bits per heavy atom. The largest absolute Gasteiger partial charge is 0.327 e. The highest BCUT2D eigenvalue weighted by Crippen LogP contribution is 2.22. The number of hydrogen-bond donors (Lipinski definition) is 1. The fourth-order valence-corrected chi connectivity index (χ4v) is 2.22. The van der Waals surface area contributed by atoms with Gasteiger partial charge in [0.1, 0.15) is 11.6 Å². The van der Waals surface area contributed by atoms with Crippen LogP contribution in [0.1, 0.15) is 39.1 Å². The monoisotopic (exact) mass is 249 g/mol. The van der Waals surface area contributed by atoms with Crippen molar-refractivity contribution in [2.75, 3.05) is 0 Å². The van der Waals surface area contributed by atoms with E-state index in [0.29, 0.717) is 0 Å². The number of nitrogens with two attached hydrogens (primary N) is 1. The first-order chi connectivity index (χ1) is 8.52. The van der Waals surface area contributed by atoms with Crippen LogP contribution in [0.5, 0.6) is 0 Å². The van der Waals surface area contributed by atoms with Crippen LogP contribution in [0.2, 0.25) is 0 Å². The number of halogens is 1. The van der Waals surface area contributed by atoms with Crippen LogP contribution in [-0.4, -0.2) is 15.6 Å². The lowest BCUT2D eigenvalue weighted by Crippen LogP contribution is -2.24. The summed E-state index contributed by atoms with van der Waals surface area (Å²) in [6.45, 7) is 6.21. The van der Waals surface area contributed by atoms with E-state index in [2.05, 4.69) is 30.3 Å². The lowest BCUT2D eigenvalue weighted by Gasteiger charge is -2.15. The van der Waals surface area contributed by atoms with Crippen LogP contribution in [-0.2, 0) is 6.42 Å². The summed E-state index contributed by atoms with van der Waals surface area (Å²) in [6, 6.07) is 5.07. The normalized spacial score (nSPS) is 13.4. The number of imidazole rings is 1. The van der Waals surface area contributed by atoms with Gasteiger partial charge in [0, 0.05) is 18.5 Å². The number of fused-ring (bicyclic) bond motifs is 1. The second-order valence-electron chi connectivity index (χ2n) is 5.00. The first-order valence-corrected chi connectivity index (χ1v) is 6.44. The van der Waals surface area contributed by atoms with E-state index in [-0.39, 0.29) is 17.9 Å². The van der Waals surface area contributed by atoms with Crippen molar-refractivity contribution in [3.05, 3.63) is 29.8 Å². The summed E-state index contributed by atoms with van der Waals surface area (Å²) in [7, 11) is 0. The van der Waals surface area contributed by atoms with Crippen LogP contribution >= 0.6 is 0 Å². The predicted octanol–water partition coefficient (Wildman–Crippen LogP) is 3.04. The molecule has 18 heavy (non-hydrogen) atoms. The van der Waals surface area contributed by atoms with Crippen LogP contribution in [0.25, 0.3) is 11.0 Å². The van der Waals surface area contributed by atoms with Gasteiger partial charge in [0.25, 0.3) is 0 Å². The van der Waals surface area contributed by atoms with E-state index in [4.69, 9.17) is 5.73 Å². The van der Waals surface area contributed by atoms with Crippen LogP contribution in [0.15, 0.2) is 18.2 Å². The first-order valence-electron chi connectivity index (χ1n) is 6.44. The highest BCUT2D eigenvalue weighted by Gasteiger charge is 2.15. The molecule has 1 atom stereocenters. The highest BCUT2D eigenvalue weighted by molar-refractivity contribution is 5.76. The molecule has 0 saturated heterocycles. The summed E-state index contributed by atoms with van der Waals surface area (Å²) in [5.74, 6) is 0.718. The van der Waals surface area contributed by atoms with E-state index in [9.17, 15) is 4.39 Å². The molecule has 0 spiro atoms. The van der Waals surface area contributed by atoms with Gasteiger partial charge in [-0.05, 0) is 38.5 Å². The third-order valence-electron chi connectivity index (χ3n) is 3.21. The minimum atomic E-state index is -0.226. The van der Waals surface area contributed by atoms with Crippen LogP contribution in [0, 0.1) is 5.82 Å². The van der Waals surface area contributed by atoms with E-state index in [1.54, 1.807) is 12.1 Å². The molecule has 0 saturated carbocycles. The fraction of sp³-hybridized carbons (Fsp3) is 0.500. The molecule has 0 aliphatic rings. The topological polar surface area (TPSA) is 43.8 Å². The van der Waals surface area contributed by atoms with Crippen molar-refractivity contribution in [2.45, 2.75) is 45.7 Å². The van der Waals surface area contributed by atoms with E-state index in [1.165, 1.54) is 6.07 Å². The molecule has 2 rings (SSSR count). The number of benzene rings is 1. The van der Waals surface area contributed by atoms with Crippen molar-refractivity contribution in [3.8, 4) is 0 Å². The van der Waals surface area contributed by atoms with Crippen molar-refractivity contribution in [1.82, 2.24) is 9.55 Å². The summed E-state index contributed by atoms with van der Waals surface area (Å²) < 4.78 is 15.4. The maximum Gasteiger partial charge on any atom is 0.125 e. The number of aromatic nitrogens is 2. The van der Waals surface area contributed by atoms with Gasteiger partial charge in [-0.15, -0.1) is 0 Å². The minimum absolute atomic E-state index is 0.101. The average molecular weight is 249 g/mol. The Labute approximate surface area is 107 Å². The molecule has 2 aromatic rings. The second kappa shape index (κ2) is 5.06. The minimum Gasteiger partial charge on any atom is -0.327 e. The maximum atomic E-state index is 13.4. The Morgan fingerprint density at radius 2 is 2.11 bits per heavy atom. The zero-order valence-electron chi connectivity index (χ0n) is 11.2. The van der Waals surface area contributed by atoms with Gasteiger partial charge in [-0.1, -0.05) is 6.92 Å². The zero-order chi connectivity index (χ0) is 13.3. The molecular formula is C14H20FN3. The van der Waals surface area contributed by atoms with Crippen molar-refractivity contribution in [3.63, 3.8) is 0 Å². The Balaban J connectivity index is 2.55. The molecule has 0 fully saturated rings. The van der Waals surface area contributed by atoms with Gasteiger partial charge in [-0.2, -0.15) is 0 Å². The quantitative estimate of drug-likeness (QED) is 0.905. The number of nitrogens with zero attached hydrogens (tertiary/aromatic N) is 2. The summed E-state index contributed by atoms with van der Waals surface area (Å²) in [5, 5.41) is 0. The van der Waals surface area contributed by atoms with Crippen molar-refractivity contribution >= 4 is 11.0 Å². The Kier molecular flexibility index (Phi) is 3.66. The fourth-order valence-electron chi connectivity index (χ4n) is 2.22. The third-order valence-corrected chi connectivity index (χ3v) is 3.21. The maximum absolute atomic E-state index is 13.4. The molecular weight excluding hydrogens is 229 g/mol. The highest BCUT2D eigenvalue weighted by atomic mass is 19.1. The standard InChI is InChI=1S/C14H20FN3/c1-4-11(16)8-14-17-12-6-5-10(15)7-13(12)18(14)9(2)3/h5-7,9,11H,4,8,16H2,1-3H3. The molecule has 1 aromatic heterocycles. The van der Waals surface area contributed by atoms with Crippen molar-refractivity contribution in [1.29, 1.82) is 0 Å². The molecule has 98 valence electrons. The molecule has 2 N–H and O–H groups in total. The molecule has 0 bridgehead atoms. The average Bonchev–Trinajstić information content (AvgIpc) is 2.65. The zero-order valence-corrected chi connectivity index (χ0v) is 11.2. The molecule has 0 aliphatic carbocycles. The summed E-state index contributed by atoms with van der Waals surface area (Å²) >= 11 is 0. The van der Waals surface area contributed by atoms with Gasteiger partial charge >= 0.3 is 0 Å². The predicted molar refractivity (Wildman–Crippen MR) is 72.0 cm³/mol. The van der Waals surface area contributed by atoms with Crippen LogP contribution < -0.4 is 5.73 Å². The van der Waals surface area contributed by atoms with Gasteiger partial charge in [0.05, 0.1) is 11.0 Å². The summed E-state index contributed by atoms with van der Waals surface area (Å²) in [5.41, 5.74) is 7.69. The van der Waals surface area contributed by atoms with Gasteiger partial charge in [0.15, 0.2) is 0 Å². The van der Waals surface area contributed by atoms with Crippen LogP contribution in [0.4, 0.5) is 4.39 Å². The van der Waals surface area contributed by atoms with E-state index >= 15 is 0 Å². The molecule has 4 heteroatoms. The Hall–Kier alpha value is -1.42. The SMILES string of the molecule is CCC(N)Cc1nc2ccc(F)cc2n1C(C)C. The molecule has 3 nitrogen and oxygen atoms in total. The molecule has 0 radical (unpaired) electrons. The first kappa shape index (κ1) is 13.0. The smallest absolute Gasteiger partial charge is 0.125 e. The summed E-state index contributed by atoms with van der Waals surface area (Å²) in [4.78, 5) is 4.58. The number of rotatable bonds is 4.